The Morgan fingerprint density at radius 2 is 2.30 bits per heavy atom. The smallest absolute Gasteiger partial charge is 0.0634 e. The lowest BCUT2D eigenvalue weighted by Gasteiger charge is -2.43. The third-order valence-electron chi connectivity index (χ3n) is 4.17. The Labute approximate surface area is 127 Å². The van der Waals surface area contributed by atoms with Crippen molar-refractivity contribution < 1.29 is 5.11 Å². The van der Waals surface area contributed by atoms with E-state index in [1.54, 1.807) is 12.4 Å². The van der Waals surface area contributed by atoms with Crippen LogP contribution in [-0.2, 0) is 6.54 Å². The van der Waals surface area contributed by atoms with Crippen LogP contribution < -0.4 is 0 Å². The minimum atomic E-state index is 0.0614. The van der Waals surface area contributed by atoms with E-state index in [-0.39, 0.29) is 12.0 Å². The van der Waals surface area contributed by atoms with Crippen molar-refractivity contribution in [3.8, 4) is 0 Å². The van der Waals surface area contributed by atoms with Gasteiger partial charge in [-0.15, -0.1) is 0 Å². The van der Waals surface area contributed by atoms with Gasteiger partial charge in [0.1, 0.15) is 0 Å². The van der Waals surface area contributed by atoms with Crippen LogP contribution in [0.1, 0.15) is 38.7 Å². The first-order chi connectivity index (χ1) is 9.54. The van der Waals surface area contributed by atoms with E-state index in [0.29, 0.717) is 5.92 Å². The van der Waals surface area contributed by atoms with E-state index in [4.69, 9.17) is 11.6 Å². The Bertz CT molecular complexity index is 438. The molecule has 1 atom stereocenters. The fourth-order valence-electron chi connectivity index (χ4n) is 3.44. The molecular weight excluding hydrogens is 272 g/mol. The molecule has 0 amide bonds. The number of pyridine rings is 1. The standard InChI is InChI=1S/C16H25ClN2O/c1-13(2)8-16(12-20)5-3-7-19(11-16)10-14-4-6-18-9-15(14)17/h4,6,9,13,20H,3,5,7-8,10-12H2,1-2H3/t16-/m1/s1. The van der Waals surface area contributed by atoms with Crippen LogP contribution in [0.15, 0.2) is 18.5 Å². The normalized spacial score (nSPS) is 24.2. The van der Waals surface area contributed by atoms with Crippen LogP contribution in [-0.4, -0.2) is 34.7 Å². The van der Waals surface area contributed by atoms with Gasteiger partial charge < -0.3 is 5.11 Å². The number of piperidine rings is 1. The second-order valence-electron chi connectivity index (χ2n) is 6.54. The molecule has 1 aromatic rings. The first kappa shape index (κ1) is 15.7. The lowest BCUT2D eigenvalue weighted by atomic mass is 9.74. The van der Waals surface area contributed by atoms with Crippen molar-refractivity contribution in [1.82, 2.24) is 9.88 Å². The van der Waals surface area contributed by atoms with Crippen LogP contribution in [0.2, 0.25) is 5.02 Å². The first-order valence-electron chi connectivity index (χ1n) is 7.46. The van der Waals surface area contributed by atoms with Crippen molar-refractivity contribution in [1.29, 1.82) is 0 Å². The number of hydrogen-bond acceptors (Lipinski definition) is 3. The molecule has 0 aromatic carbocycles. The number of nitrogens with zero attached hydrogens (tertiary/aromatic N) is 2. The molecule has 1 saturated heterocycles. The highest BCUT2D eigenvalue weighted by Gasteiger charge is 2.35. The molecule has 0 unspecified atom stereocenters. The molecule has 0 spiro atoms. The fourth-order valence-corrected chi connectivity index (χ4v) is 3.62. The summed E-state index contributed by atoms with van der Waals surface area (Å²) in [6.07, 6.45) is 6.86. The van der Waals surface area contributed by atoms with E-state index >= 15 is 0 Å². The summed E-state index contributed by atoms with van der Waals surface area (Å²) in [5.74, 6) is 0.617. The van der Waals surface area contributed by atoms with Gasteiger partial charge in [0.25, 0.3) is 0 Å². The highest BCUT2D eigenvalue weighted by molar-refractivity contribution is 6.31. The van der Waals surface area contributed by atoms with Gasteiger partial charge >= 0.3 is 0 Å². The lowest BCUT2D eigenvalue weighted by molar-refractivity contribution is 0.0133. The van der Waals surface area contributed by atoms with Crippen molar-refractivity contribution in [2.45, 2.75) is 39.7 Å². The van der Waals surface area contributed by atoms with Crippen LogP contribution in [0.4, 0.5) is 0 Å². The van der Waals surface area contributed by atoms with Crippen LogP contribution in [0.3, 0.4) is 0 Å². The lowest BCUT2D eigenvalue weighted by Crippen LogP contribution is -2.45. The monoisotopic (exact) mass is 296 g/mol. The molecule has 0 bridgehead atoms. The zero-order valence-electron chi connectivity index (χ0n) is 12.5. The zero-order valence-corrected chi connectivity index (χ0v) is 13.2. The average molecular weight is 297 g/mol. The highest BCUT2D eigenvalue weighted by atomic mass is 35.5. The van der Waals surface area contributed by atoms with Crippen LogP contribution in [0.5, 0.6) is 0 Å². The molecule has 0 radical (unpaired) electrons. The summed E-state index contributed by atoms with van der Waals surface area (Å²) in [5.41, 5.74) is 1.19. The van der Waals surface area contributed by atoms with Gasteiger partial charge in [-0.1, -0.05) is 25.4 Å². The fraction of sp³-hybridized carbons (Fsp3) is 0.688. The number of aliphatic hydroxyl groups excluding tert-OH is 1. The average Bonchev–Trinajstić information content (AvgIpc) is 2.41. The van der Waals surface area contributed by atoms with Crippen molar-refractivity contribution in [2.75, 3.05) is 19.7 Å². The number of hydrogen-bond donors (Lipinski definition) is 1. The summed E-state index contributed by atoms with van der Waals surface area (Å²) < 4.78 is 0. The zero-order chi connectivity index (χ0) is 14.6. The van der Waals surface area contributed by atoms with Crippen molar-refractivity contribution >= 4 is 11.6 Å². The quantitative estimate of drug-likeness (QED) is 0.905. The summed E-state index contributed by atoms with van der Waals surface area (Å²) in [7, 11) is 0. The van der Waals surface area contributed by atoms with E-state index in [1.807, 2.05) is 6.07 Å². The maximum absolute atomic E-state index is 9.87. The molecule has 0 saturated carbocycles. The third kappa shape index (κ3) is 3.94. The Morgan fingerprint density at radius 3 is 2.95 bits per heavy atom. The van der Waals surface area contributed by atoms with Gasteiger partial charge in [-0.2, -0.15) is 0 Å². The minimum Gasteiger partial charge on any atom is -0.396 e. The van der Waals surface area contributed by atoms with Gasteiger partial charge in [-0.25, -0.2) is 0 Å². The number of rotatable bonds is 5. The summed E-state index contributed by atoms with van der Waals surface area (Å²) in [4.78, 5) is 6.45. The molecule has 2 heterocycles. The molecule has 4 heteroatoms. The number of halogens is 1. The molecule has 0 aliphatic carbocycles. The number of aromatic nitrogens is 1. The Hall–Kier alpha value is -0.640. The Morgan fingerprint density at radius 1 is 1.50 bits per heavy atom. The molecule has 3 nitrogen and oxygen atoms in total. The van der Waals surface area contributed by atoms with Gasteiger partial charge in [-0.05, 0) is 43.4 Å². The SMILES string of the molecule is CC(C)C[C@]1(CO)CCCN(Cc2ccncc2Cl)C1. The van der Waals surface area contributed by atoms with Crippen molar-refractivity contribution in [2.24, 2.45) is 11.3 Å². The second kappa shape index (κ2) is 6.88. The summed E-state index contributed by atoms with van der Waals surface area (Å²) in [6.45, 7) is 7.64. The second-order valence-corrected chi connectivity index (χ2v) is 6.94. The molecule has 2 rings (SSSR count). The molecule has 1 N–H and O–H groups in total. The topological polar surface area (TPSA) is 36.4 Å². The molecular formula is C16H25ClN2O. The predicted octanol–water partition coefficient (Wildman–Crippen LogP) is 3.36. The first-order valence-corrected chi connectivity index (χ1v) is 7.84. The summed E-state index contributed by atoms with van der Waals surface area (Å²) in [5, 5.41) is 10.6. The molecule has 112 valence electrons. The Balaban J connectivity index is 2.04. The van der Waals surface area contributed by atoms with Gasteiger partial charge in [0.15, 0.2) is 0 Å². The van der Waals surface area contributed by atoms with Crippen LogP contribution in [0.25, 0.3) is 0 Å². The summed E-state index contributed by atoms with van der Waals surface area (Å²) in [6, 6.07) is 1.99. The number of likely N-dealkylation sites (tertiary alicyclic amines) is 1. The van der Waals surface area contributed by atoms with Gasteiger partial charge in [0.05, 0.1) is 5.02 Å². The van der Waals surface area contributed by atoms with Crippen molar-refractivity contribution in [3.05, 3.63) is 29.0 Å². The van der Waals surface area contributed by atoms with Gasteiger partial charge in [-0.3, -0.25) is 9.88 Å². The van der Waals surface area contributed by atoms with Gasteiger partial charge in [0, 0.05) is 37.5 Å². The van der Waals surface area contributed by atoms with E-state index in [0.717, 1.165) is 49.5 Å². The van der Waals surface area contributed by atoms with Gasteiger partial charge in [0.2, 0.25) is 0 Å². The number of aliphatic hydroxyl groups is 1. The van der Waals surface area contributed by atoms with Crippen LogP contribution >= 0.6 is 11.6 Å². The molecule has 1 aliphatic heterocycles. The molecule has 1 aliphatic rings. The summed E-state index contributed by atoms with van der Waals surface area (Å²) >= 11 is 6.19. The van der Waals surface area contributed by atoms with Crippen molar-refractivity contribution in [3.63, 3.8) is 0 Å². The van der Waals surface area contributed by atoms with E-state index in [9.17, 15) is 5.11 Å². The van der Waals surface area contributed by atoms with Crippen LogP contribution in [0, 0.1) is 11.3 Å². The largest absolute Gasteiger partial charge is 0.396 e. The predicted molar refractivity (Wildman–Crippen MR) is 82.7 cm³/mol. The Kier molecular flexibility index (Phi) is 5.42. The molecule has 1 aromatic heterocycles. The third-order valence-corrected chi connectivity index (χ3v) is 4.51. The van der Waals surface area contributed by atoms with E-state index < -0.39 is 0 Å². The minimum absolute atomic E-state index is 0.0614. The van der Waals surface area contributed by atoms with E-state index in [1.165, 1.54) is 0 Å². The van der Waals surface area contributed by atoms with E-state index in [2.05, 4.69) is 23.7 Å². The highest BCUT2D eigenvalue weighted by Crippen LogP contribution is 2.36. The maximum atomic E-state index is 9.87. The molecule has 1 fully saturated rings. The molecule has 20 heavy (non-hydrogen) atoms. The maximum Gasteiger partial charge on any atom is 0.0634 e.